The van der Waals surface area contributed by atoms with Gasteiger partial charge in [0.05, 0.1) is 16.1 Å². The van der Waals surface area contributed by atoms with Crippen LogP contribution < -0.4 is 5.32 Å². The Morgan fingerprint density at radius 3 is 2.66 bits per heavy atom. The van der Waals surface area contributed by atoms with Gasteiger partial charge in [0, 0.05) is 30.4 Å². The summed E-state index contributed by atoms with van der Waals surface area (Å²) in [5, 5.41) is 14.6. The number of aromatic amines is 1. The highest BCUT2D eigenvalue weighted by Crippen LogP contribution is 2.26. The number of carbonyl (C=O) groups is 3. The minimum absolute atomic E-state index is 0.0585. The number of nitro benzene ring substituents is 1. The molecule has 0 unspecified atom stereocenters. The topological polar surface area (TPSA) is 125 Å². The number of nitrogens with one attached hydrogen (secondary N) is 2. The van der Waals surface area contributed by atoms with Crippen molar-refractivity contribution in [2.75, 3.05) is 13.1 Å². The third kappa shape index (κ3) is 3.45. The van der Waals surface area contributed by atoms with Crippen LogP contribution in [0.4, 0.5) is 5.69 Å². The lowest BCUT2D eigenvalue weighted by molar-refractivity contribution is -0.384. The van der Waals surface area contributed by atoms with Crippen molar-refractivity contribution >= 4 is 34.3 Å². The molecule has 1 aromatic heterocycles. The van der Waals surface area contributed by atoms with Crippen molar-refractivity contribution in [3.63, 3.8) is 0 Å². The molecular formula is C20H16N4O5. The van der Waals surface area contributed by atoms with Gasteiger partial charge in [-0.25, -0.2) is 0 Å². The van der Waals surface area contributed by atoms with Crippen LogP contribution in [0.1, 0.15) is 26.3 Å². The third-order valence-corrected chi connectivity index (χ3v) is 4.82. The maximum atomic E-state index is 12.4. The largest absolute Gasteiger partial charge is 0.361 e. The Labute approximate surface area is 164 Å². The van der Waals surface area contributed by atoms with Gasteiger partial charge in [-0.05, 0) is 41.6 Å². The van der Waals surface area contributed by atoms with Crippen molar-refractivity contribution in [2.45, 2.75) is 6.42 Å². The minimum Gasteiger partial charge on any atom is -0.361 e. The number of imide groups is 1. The summed E-state index contributed by atoms with van der Waals surface area (Å²) in [7, 11) is 0. The van der Waals surface area contributed by atoms with Crippen LogP contribution in [0, 0.1) is 10.1 Å². The van der Waals surface area contributed by atoms with Crippen LogP contribution in [0.25, 0.3) is 10.9 Å². The number of aromatic nitrogens is 1. The molecule has 4 rings (SSSR count). The molecule has 9 heteroatoms. The van der Waals surface area contributed by atoms with E-state index in [1.54, 1.807) is 0 Å². The summed E-state index contributed by atoms with van der Waals surface area (Å²) in [5.41, 5.74) is 1.80. The molecule has 1 aliphatic heterocycles. The molecule has 0 saturated carbocycles. The van der Waals surface area contributed by atoms with Crippen molar-refractivity contribution < 1.29 is 19.3 Å². The highest BCUT2D eigenvalue weighted by Gasteiger charge is 2.37. The normalized spacial score (nSPS) is 13.0. The molecule has 0 bridgehead atoms. The smallest absolute Gasteiger partial charge is 0.270 e. The van der Waals surface area contributed by atoms with Gasteiger partial charge < -0.3 is 10.3 Å². The molecule has 2 N–H and O–H groups in total. The molecule has 0 aliphatic carbocycles. The van der Waals surface area contributed by atoms with E-state index in [9.17, 15) is 24.5 Å². The Bertz CT molecular complexity index is 1170. The standard InChI is InChI=1S/C20H16N4O5/c25-18(22-7-5-12-1-4-17-13(9-12)6-8-21-17)11-23-19(26)15-3-2-14(24(28)29)10-16(15)20(23)27/h1-4,6,8-10,21H,5,7,11H2,(H,22,25). The van der Waals surface area contributed by atoms with Gasteiger partial charge in [-0.2, -0.15) is 0 Å². The van der Waals surface area contributed by atoms with E-state index in [1.807, 2.05) is 30.5 Å². The number of fused-ring (bicyclic) bond motifs is 2. The molecule has 29 heavy (non-hydrogen) atoms. The fraction of sp³-hybridized carbons (Fsp3) is 0.150. The lowest BCUT2D eigenvalue weighted by atomic mass is 10.1. The Morgan fingerprint density at radius 1 is 1.07 bits per heavy atom. The molecule has 0 saturated heterocycles. The van der Waals surface area contributed by atoms with Crippen LogP contribution in [-0.4, -0.2) is 45.6 Å². The van der Waals surface area contributed by atoms with Gasteiger partial charge in [0.25, 0.3) is 17.5 Å². The van der Waals surface area contributed by atoms with E-state index in [2.05, 4.69) is 10.3 Å². The van der Waals surface area contributed by atoms with Crippen molar-refractivity contribution in [1.82, 2.24) is 15.2 Å². The number of non-ortho nitro benzene ring substituents is 1. The summed E-state index contributed by atoms with van der Waals surface area (Å²) in [5.74, 6) is -1.81. The number of rotatable bonds is 6. The summed E-state index contributed by atoms with van der Waals surface area (Å²) in [6, 6.07) is 11.4. The number of amides is 3. The summed E-state index contributed by atoms with van der Waals surface area (Å²) in [4.78, 5) is 51.1. The second kappa shape index (κ2) is 7.19. The van der Waals surface area contributed by atoms with Crippen LogP contribution in [0.3, 0.4) is 0 Å². The van der Waals surface area contributed by atoms with Crippen LogP contribution in [-0.2, 0) is 11.2 Å². The number of nitrogens with zero attached hydrogens (tertiary/aromatic N) is 2. The molecule has 146 valence electrons. The molecule has 9 nitrogen and oxygen atoms in total. The highest BCUT2D eigenvalue weighted by atomic mass is 16.6. The average Bonchev–Trinajstić information content (AvgIpc) is 3.26. The van der Waals surface area contributed by atoms with Crippen molar-refractivity contribution in [3.8, 4) is 0 Å². The van der Waals surface area contributed by atoms with E-state index in [4.69, 9.17) is 0 Å². The molecule has 0 atom stereocenters. The molecular weight excluding hydrogens is 376 g/mol. The Morgan fingerprint density at radius 2 is 1.86 bits per heavy atom. The maximum absolute atomic E-state index is 12.4. The molecule has 2 aromatic carbocycles. The summed E-state index contributed by atoms with van der Waals surface area (Å²) in [6.45, 7) is -0.0829. The summed E-state index contributed by atoms with van der Waals surface area (Å²) < 4.78 is 0. The van der Waals surface area contributed by atoms with Gasteiger partial charge in [-0.1, -0.05) is 6.07 Å². The zero-order valence-corrected chi connectivity index (χ0v) is 15.2. The van der Waals surface area contributed by atoms with E-state index < -0.39 is 29.2 Å². The van der Waals surface area contributed by atoms with Crippen molar-refractivity contribution in [3.05, 3.63) is 75.5 Å². The number of benzene rings is 2. The Hall–Kier alpha value is -4.01. The Balaban J connectivity index is 1.36. The average molecular weight is 392 g/mol. The van der Waals surface area contributed by atoms with E-state index in [0.29, 0.717) is 13.0 Å². The number of hydrogen-bond donors (Lipinski definition) is 2. The van der Waals surface area contributed by atoms with Gasteiger partial charge in [-0.15, -0.1) is 0 Å². The van der Waals surface area contributed by atoms with Crippen LogP contribution in [0.15, 0.2) is 48.7 Å². The first kappa shape index (κ1) is 18.4. The third-order valence-electron chi connectivity index (χ3n) is 4.82. The van der Waals surface area contributed by atoms with E-state index in [-0.39, 0.29) is 16.8 Å². The summed E-state index contributed by atoms with van der Waals surface area (Å²) >= 11 is 0. The lowest BCUT2D eigenvalue weighted by Gasteiger charge is -2.13. The maximum Gasteiger partial charge on any atom is 0.270 e. The molecule has 3 amide bonds. The van der Waals surface area contributed by atoms with Gasteiger partial charge in [0.2, 0.25) is 5.91 Å². The second-order valence-corrected chi connectivity index (χ2v) is 6.68. The minimum atomic E-state index is -0.707. The molecule has 0 spiro atoms. The first-order chi connectivity index (χ1) is 13.9. The van der Waals surface area contributed by atoms with Gasteiger partial charge in [0.1, 0.15) is 6.54 Å². The molecule has 0 fully saturated rings. The van der Waals surface area contributed by atoms with Crippen LogP contribution in [0.2, 0.25) is 0 Å². The first-order valence-corrected chi connectivity index (χ1v) is 8.91. The summed E-state index contributed by atoms with van der Waals surface area (Å²) in [6.07, 6.45) is 2.45. The van der Waals surface area contributed by atoms with E-state index >= 15 is 0 Å². The molecule has 3 aromatic rings. The predicted octanol–water partition coefficient (Wildman–Crippen LogP) is 2.03. The first-order valence-electron chi connectivity index (χ1n) is 8.91. The van der Waals surface area contributed by atoms with Crippen LogP contribution in [0.5, 0.6) is 0 Å². The van der Waals surface area contributed by atoms with Gasteiger partial charge in [0.15, 0.2) is 0 Å². The van der Waals surface area contributed by atoms with Gasteiger partial charge >= 0.3 is 0 Å². The van der Waals surface area contributed by atoms with Gasteiger partial charge in [-0.3, -0.25) is 29.4 Å². The second-order valence-electron chi connectivity index (χ2n) is 6.68. The SMILES string of the molecule is O=C(CN1C(=O)c2ccc([N+](=O)[O-])cc2C1=O)NCCc1ccc2[nH]ccc2c1. The number of nitro groups is 1. The molecule has 1 aliphatic rings. The van der Waals surface area contributed by atoms with Crippen molar-refractivity contribution in [1.29, 1.82) is 0 Å². The highest BCUT2D eigenvalue weighted by molar-refractivity contribution is 6.22. The van der Waals surface area contributed by atoms with Crippen molar-refractivity contribution in [2.24, 2.45) is 0 Å². The lowest BCUT2D eigenvalue weighted by Crippen LogP contribution is -2.40. The zero-order chi connectivity index (χ0) is 20.5. The van der Waals surface area contributed by atoms with E-state index in [0.717, 1.165) is 33.5 Å². The number of carbonyl (C=O) groups excluding carboxylic acids is 3. The molecule has 2 heterocycles. The van der Waals surface area contributed by atoms with E-state index in [1.165, 1.54) is 6.07 Å². The fourth-order valence-corrected chi connectivity index (χ4v) is 3.34. The monoisotopic (exact) mass is 392 g/mol. The molecule has 0 radical (unpaired) electrons. The zero-order valence-electron chi connectivity index (χ0n) is 15.2. The quantitative estimate of drug-likeness (QED) is 0.377. The number of H-pyrrole nitrogens is 1. The predicted molar refractivity (Wildman–Crippen MR) is 103 cm³/mol. The Kier molecular flexibility index (Phi) is 4.55. The van der Waals surface area contributed by atoms with Crippen LogP contribution >= 0.6 is 0 Å². The number of hydrogen-bond acceptors (Lipinski definition) is 5. The fourth-order valence-electron chi connectivity index (χ4n) is 3.34.